The van der Waals surface area contributed by atoms with Gasteiger partial charge in [0.05, 0.1) is 18.6 Å². The van der Waals surface area contributed by atoms with E-state index in [0.717, 1.165) is 27.8 Å². The molecule has 0 spiro atoms. The van der Waals surface area contributed by atoms with Crippen LogP contribution in [0.3, 0.4) is 0 Å². The highest BCUT2D eigenvalue weighted by atomic mass is 32.2. The summed E-state index contributed by atoms with van der Waals surface area (Å²) in [6, 6.07) is 21.9. The van der Waals surface area contributed by atoms with E-state index in [-0.39, 0.29) is 17.2 Å². The summed E-state index contributed by atoms with van der Waals surface area (Å²) < 4.78 is 11.4. The second kappa shape index (κ2) is 10.4. The molecule has 0 bridgehead atoms. The number of aryl methyl sites for hydroxylation is 1. The SMILES string of the molecule is COc1cc(/C=C2\SC(=O)N(CC(=O)c3ccccc3)C2=O)ccc1OCc1cccc(C)c1. The Kier molecular flexibility index (Phi) is 7.13. The minimum absolute atomic E-state index is 0.251. The minimum Gasteiger partial charge on any atom is -0.493 e. The minimum atomic E-state index is -0.488. The maximum absolute atomic E-state index is 12.8. The van der Waals surface area contributed by atoms with Crippen molar-refractivity contribution in [3.05, 3.63) is 100.0 Å². The van der Waals surface area contributed by atoms with Gasteiger partial charge in [-0.1, -0.05) is 66.2 Å². The van der Waals surface area contributed by atoms with E-state index in [0.29, 0.717) is 29.2 Å². The van der Waals surface area contributed by atoms with Gasteiger partial charge in [-0.15, -0.1) is 0 Å². The maximum Gasteiger partial charge on any atom is 0.293 e. The van der Waals surface area contributed by atoms with Crippen LogP contribution in [-0.4, -0.2) is 35.5 Å². The zero-order valence-corrected chi connectivity index (χ0v) is 19.6. The maximum atomic E-state index is 12.8. The van der Waals surface area contributed by atoms with Crippen LogP contribution in [0.15, 0.2) is 77.7 Å². The lowest BCUT2D eigenvalue weighted by molar-refractivity contribution is -0.122. The van der Waals surface area contributed by atoms with Crippen molar-refractivity contribution in [2.75, 3.05) is 13.7 Å². The fraction of sp³-hybridized carbons (Fsp3) is 0.148. The molecule has 1 fully saturated rings. The average Bonchev–Trinajstić information content (AvgIpc) is 3.11. The first kappa shape index (κ1) is 23.3. The van der Waals surface area contributed by atoms with Crippen molar-refractivity contribution in [2.24, 2.45) is 0 Å². The summed E-state index contributed by atoms with van der Waals surface area (Å²) in [5.74, 6) is 0.307. The van der Waals surface area contributed by atoms with E-state index in [1.165, 1.54) is 0 Å². The lowest BCUT2D eigenvalue weighted by Crippen LogP contribution is -2.33. The highest BCUT2D eigenvalue weighted by molar-refractivity contribution is 8.18. The van der Waals surface area contributed by atoms with Crippen molar-refractivity contribution in [2.45, 2.75) is 13.5 Å². The van der Waals surface area contributed by atoms with Gasteiger partial charge in [0.2, 0.25) is 0 Å². The molecule has 0 N–H and O–H groups in total. The van der Waals surface area contributed by atoms with E-state index in [9.17, 15) is 14.4 Å². The molecule has 3 aromatic carbocycles. The number of carbonyl (C=O) groups is 3. The number of imide groups is 1. The number of hydrogen-bond acceptors (Lipinski definition) is 6. The number of methoxy groups -OCH3 is 1. The van der Waals surface area contributed by atoms with Crippen LogP contribution in [0.25, 0.3) is 6.08 Å². The average molecular weight is 474 g/mol. The monoisotopic (exact) mass is 473 g/mol. The van der Waals surface area contributed by atoms with Gasteiger partial charge in [-0.25, -0.2) is 0 Å². The van der Waals surface area contributed by atoms with Crippen LogP contribution in [0.1, 0.15) is 27.0 Å². The first-order valence-corrected chi connectivity index (χ1v) is 11.5. The molecule has 34 heavy (non-hydrogen) atoms. The van der Waals surface area contributed by atoms with Gasteiger partial charge < -0.3 is 9.47 Å². The molecular weight excluding hydrogens is 450 g/mol. The fourth-order valence-corrected chi connectivity index (χ4v) is 4.34. The van der Waals surface area contributed by atoms with Crippen molar-refractivity contribution >= 4 is 34.8 Å². The van der Waals surface area contributed by atoms with Gasteiger partial charge >= 0.3 is 0 Å². The van der Waals surface area contributed by atoms with E-state index >= 15 is 0 Å². The smallest absolute Gasteiger partial charge is 0.293 e. The van der Waals surface area contributed by atoms with E-state index in [4.69, 9.17) is 9.47 Å². The van der Waals surface area contributed by atoms with Gasteiger partial charge in [0.15, 0.2) is 17.3 Å². The molecule has 0 atom stereocenters. The normalized spacial score (nSPS) is 14.5. The number of benzene rings is 3. The molecule has 0 unspecified atom stereocenters. The standard InChI is InChI=1S/C27H23NO5S/c1-18-7-6-8-20(13-18)17-33-23-12-11-19(14-24(23)32-2)15-25-26(30)28(27(31)34-25)16-22(29)21-9-4-3-5-10-21/h3-15H,16-17H2,1-2H3/b25-15-. The molecule has 1 heterocycles. The van der Waals surface area contributed by atoms with Crippen LogP contribution in [0.4, 0.5) is 4.79 Å². The van der Waals surface area contributed by atoms with E-state index in [1.54, 1.807) is 61.7 Å². The quantitative estimate of drug-likeness (QED) is 0.318. The molecule has 1 aliphatic rings. The Bertz CT molecular complexity index is 1270. The third kappa shape index (κ3) is 5.38. The predicted octanol–water partition coefficient (Wildman–Crippen LogP) is 5.50. The molecule has 0 aliphatic carbocycles. The molecule has 3 aromatic rings. The van der Waals surface area contributed by atoms with Gasteiger partial charge in [0, 0.05) is 5.56 Å². The highest BCUT2D eigenvalue weighted by Gasteiger charge is 2.36. The Morgan fingerprint density at radius 2 is 1.76 bits per heavy atom. The largest absolute Gasteiger partial charge is 0.493 e. The first-order valence-electron chi connectivity index (χ1n) is 10.6. The molecular formula is C27H23NO5S. The third-order valence-electron chi connectivity index (χ3n) is 5.23. The van der Waals surface area contributed by atoms with Crippen LogP contribution >= 0.6 is 11.8 Å². The van der Waals surface area contributed by atoms with E-state index in [2.05, 4.69) is 6.07 Å². The molecule has 6 nitrogen and oxygen atoms in total. The summed E-state index contributed by atoms with van der Waals surface area (Å²) >= 11 is 0.815. The molecule has 4 rings (SSSR count). The summed E-state index contributed by atoms with van der Waals surface area (Å²) in [7, 11) is 1.54. The summed E-state index contributed by atoms with van der Waals surface area (Å²) in [5, 5.41) is -0.467. The van der Waals surface area contributed by atoms with Gasteiger partial charge in [-0.3, -0.25) is 19.3 Å². The molecule has 0 aromatic heterocycles. The zero-order chi connectivity index (χ0) is 24.1. The number of nitrogens with zero attached hydrogens (tertiary/aromatic N) is 1. The van der Waals surface area contributed by atoms with Gasteiger partial charge in [-0.05, 0) is 48.0 Å². The van der Waals surface area contributed by atoms with Crippen molar-refractivity contribution in [3.8, 4) is 11.5 Å². The van der Waals surface area contributed by atoms with E-state index in [1.807, 2.05) is 25.1 Å². The number of amides is 2. The Hall–Kier alpha value is -3.84. The van der Waals surface area contributed by atoms with Crippen LogP contribution < -0.4 is 9.47 Å². The molecule has 7 heteroatoms. The highest BCUT2D eigenvalue weighted by Crippen LogP contribution is 2.35. The van der Waals surface area contributed by atoms with Crippen molar-refractivity contribution in [3.63, 3.8) is 0 Å². The van der Waals surface area contributed by atoms with Crippen molar-refractivity contribution < 1.29 is 23.9 Å². The summed E-state index contributed by atoms with van der Waals surface area (Å²) in [6.07, 6.45) is 1.62. The molecule has 0 saturated carbocycles. The Labute approximate surface area is 202 Å². The van der Waals surface area contributed by atoms with Gasteiger partial charge in [0.1, 0.15) is 6.61 Å². The second-order valence-corrected chi connectivity index (χ2v) is 8.74. The molecule has 1 saturated heterocycles. The number of hydrogen-bond donors (Lipinski definition) is 0. The predicted molar refractivity (Wildman–Crippen MR) is 132 cm³/mol. The number of thioether (sulfide) groups is 1. The topological polar surface area (TPSA) is 72.9 Å². The Morgan fingerprint density at radius 3 is 2.50 bits per heavy atom. The lowest BCUT2D eigenvalue weighted by Gasteiger charge is -2.12. The Morgan fingerprint density at radius 1 is 0.971 bits per heavy atom. The number of ether oxygens (including phenoxy) is 2. The van der Waals surface area contributed by atoms with Crippen LogP contribution in [0, 0.1) is 6.92 Å². The molecule has 0 radical (unpaired) electrons. The summed E-state index contributed by atoms with van der Waals surface area (Å²) in [6.45, 7) is 2.13. The van der Waals surface area contributed by atoms with Crippen molar-refractivity contribution in [1.29, 1.82) is 0 Å². The third-order valence-corrected chi connectivity index (χ3v) is 6.14. The molecule has 2 amide bonds. The number of ketones is 1. The number of rotatable bonds is 8. The lowest BCUT2D eigenvalue weighted by atomic mass is 10.1. The van der Waals surface area contributed by atoms with Crippen LogP contribution in [0.2, 0.25) is 0 Å². The van der Waals surface area contributed by atoms with Crippen LogP contribution in [0.5, 0.6) is 11.5 Å². The zero-order valence-electron chi connectivity index (χ0n) is 18.8. The first-order chi connectivity index (χ1) is 16.4. The summed E-state index contributed by atoms with van der Waals surface area (Å²) in [4.78, 5) is 38.9. The van der Waals surface area contributed by atoms with Crippen molar-refractivity contribution in [1.82, 2.24) is 4.90 Å². The molecule has 172 valence electrons. The molecule has 1 aliphatic heterocycles. The van der Waals surface area contributed by atoms with E-state index < -0.39 is 11.1 Å². The Balaban J connectivity index is 1.47. The number of Topliss-reactive ketones (excluding diaryl/α,β-unsaturated/α-hetero) is 1. The second-order valence-electron chi connectivity index (χ2n) is 7.75. The number of carbonyl (C=O) groups excluding carboxylic acids is 3. The fourth-order valence-electron chi connectivity index (χ4n) is 3.50. The summed E-state index contributed by atoms with van der Waals surface area (Å²) in [5.41, 5.74) is 3.34. The van der Waals surface area contributed by atoms with Gasteiger partial charge in [0.25, 0.3) is 11.1 Å². The van der Waals surface area contributed by atoms with Crippen LogP contribution in [-0.2, 0) is 11.4 Å². The van der Waals surface area contributed by atoms with Gasteiger partial charge in [-0.2, -0.15) is 0 Å².